The summed E-state index contributed by atoms with van der Waals surface area (Å²) in [5, 5.41) is 11.9. The van der Waals surface area contributed by atoms with Crippen LogP contribution in [0.5, 0.6) is 0 Å². The fourth-order valence-electron chi connectivity index (χ4n) is 3.19. The van der Waals surface area contributed by atoms with E-state index in [1.54, 1.807) is 0 Å². The van der Waals surface area contributed by atoms with Crippen molar-refractivity contribution in [3.05, 3.63) is 36.2 Å². The molecule has 0 unspecified atom stereocenters. The van der Waals surface area contributed by atoms with Gasteiger partial charge in [0.1, 0.15) is 0 Å². The number of carbonyl (C=O) groups is 2. The molecule has 0 bridgehead atoms. The van der Waals surface area contributed by atoms with Crippen LogP contribution >= 0.6 is 11.8 Å². The molecule has 3 rings (SSSR count). The Morgan fingerprint density at radius 1 is 1.21 bits per heavy atom. The Kier molecular flexibility index (Phi) is 7.08. The lowest BCUT2D eigenvalue weighted by Crippen LogP contribution is -2.31. The van der Waals surface area contributed by atoms with E-state index >= 15 is 0 Å². The van der Waals surface area contributed by atoms with Gasteiger partial charge in [-0.25, -0.2) is 0 Å². The Morgan fingerprint density at radius 3 is 2.75 bits per heavy atom. The fraction of sp³-hybridized carbons (Fsp3) is 0.500. The van der Waals surface area contributed by atoms with Crippen LogP contribution in [0.4, 0.5) is 5.69 Å². The minimum absolute atomic E-state index is 0.0777. The van der Waals surface area contributed by atoms with Crippen molar-refractivity contribution in [2.24, 2.45) is 0 Å². The van der Waals surface area contributed by atoms with Gasteiger partial charge in [-0.15, -0.1) is 10.2 Å². The minimum atomic E-state index is -0.317. The molecule has 0 spiro atoms. The van der Waals surface area contributed by atoms with Crippen molar-refractivity contribution >= 4 is 29.3 Å². The van der Waals surface area contributed by atoms with Gasteiger partial charge >= 0.3 is 0 Å². The van der Waals surface area contributed by atoms with Gasteiger partial charge in [-0.1, -0.05) is 36.4 Å². The first-order valence-electron chi connectivity index (χ1n) is 9.81. The number of carbonyl (C=O) groups excluding carboxylic acids is 2. The molecule has 1 aliphatic rings. The molecule has 0 aliphatic carbocycles. The van der Waals surface area contributed by atoms with E-state index in [9.17, 15) is 9.59 Å². The number of hydrogen-bond acceptors (Lipinski definition) is 5. The number of anilines is 1. The zero-order valence-electron chi connectivity index (χ0n) is 16.4. The summed E-state index contributed by atoms with van der Waals surface area (Å²) in [6.07, 6.45) is 3.70. The van der Waals surface area contributed by atoms with E-state index in [0.29, 0.717) is 24.7 Å². The first-order chi connectivity index (χ1) is 13.6. The van der Waals surface area contributed by atoms with Gasteiger partial charge in [-0.05, 0) is 38.8 Å². The Balaban J connectivity index is 1.65. The van der Waals surface area contributed by atoms with Gasteiger partial charge in [-0.3, -0.25) is 9.59 Å². The number of likely N-dealkylation sites (tertiary alicyclic amines) is 1. The summed E-state index contributed by atoms with van der Waals surface area (Å²) in [7, 11) is 0. The Morgan fingerprint density at radius 2 is 2.00 bits per heavy atom. The van der Waals surface area contributed by atoms with E-state index in [1.165, 1.54) is 11.8 Å². The number of para-hydroxylation sites is 1. The van der Waals surface area contributed by atoms with E-state index in [2.05, 4.69) is 15.5 Å². The zero-order valence-corrected chi connectivity index (χ0v) is 17.2. The number of hydrogen-bond donors (Lipinski definition) is 1. The monoisotopic (exact) mass is 401 g/mol. The Hall–Kier alpha value is -2.35. The lowest BCUT2D eigenvalue weighted by molar-refractivity contribution is -0.131. The molecule has 1 atom stereocenters. The summed E-state index contributed by atoms with van der Waals surface area (Å²) in [5.74, 6) is 0.884. The van der Waals surface area contributed by atoms with Crippen molar-refractivity contribution in [1.82, 2.24) is 19.7 Å². The molecular weight excluding hydrogens is 374 g/mol. The predicted molar refractivity (Wildman–Crippen MR) is 110 cm³/mol. The molecular formula is C20H27N5O2S. The molecule has 28 heavy (non-hydrogen) atoms. The summed E-state index contributed by atoms with van der Waals surface area (Å²) in [4.78, 5) is 26.6. The maximum Gasteiger partial charge on any atom is 0.237 e. The highest BCUT2D eigenvalue weighted by atomic mass is 32.2. The van der Waals surface area contributed by atoms with Crippen molar-refractivity contribution in [3.8, 4) is 0 Å². The van der Waals surface area contributed by atoms with Gasteiger partial charge in [0.2, 0.25) is 11.8 Å². The standard InChI is InChI=1S/C20H27N5O2S/c1-3-25-17(14-24-13-9-5-8-12-18(24)26)22-23-20(25)28-15(2)19(27)21-16-10-6-4-7-11-16/h4,6-7,10-11,15H,3,5,8-9,12-14H2,1-2H3,(H,21,27)/t15-/m1/s1. The van der Waals surface area contributed by atoms with Crippen molar-refractivity contribution in [2.45, 2.75) is 63.0 Å². The molecule has 1 saturated heterocycles. The SMILES string of the molecule is CCn1c(CN2CCCCCC2=O)nnc1S[C@H](C)C(=O)Nc1ccccc1. The predicted octanol–water partition coefficient (Wildman–Crippen LogP) is 3.32. The van der Waals surface area contributed by atoms with E-state index in [-0.39, 0.29) is 17.1 Å². The summed E-state index contributed by atoms with van der Waals surface area (Å²) >= 11 is 1.38. The average Bonchev–Trinajstić information content (AvgIpc) is 2.96. The summed E-state index contributed by atoms with van der Waals surface area (Å²) in [6.45, 7) is 5.82. The maximum absolute atomic E-state index is 12.5. The molecule has 1 fully saturated rings. The van der Waals surface area contributed by atoms with E-state index in [4.69, 9.17) is 0 Å². The minimum Gasteiger partial charge on any atom is -0.335 e. The quantitative estimate of drug-likeness (QED) is 0.720. The van der Waals surface area contributed by atoms with Gasteiger partial charge in [0.15, 0.2) is 11.0 Å². The van der Waals surface area contributed by atoms with Crippen molar-refractivity contribution in [2.75, 3.05) is 11.9 Å². The molecule has 2 aromatic rings. The number of thioether (sulfide) groups is 1. The summed E-state index contributed by atoms with van der Waals surface area (Å²) in [5.41, 5.74) is 0.775. The number of rotatable bonds is 7. The Bertz CT molecular complexity index is 808. The smallest absolute Gasteiger partial charge is 0.237 e. The molecule has 1 aromatic carbocycles. The average molecular weight is 402 g/mol. The largest absolute Gasteiger partial charge is 0.335 e. The zero-order chi connectivity index (χ0) is 19.9. The molecule has 0 saturated carbocycles. The fourth-order valence-corrected chi connectivity index (χ4v) is 4.13. The lowest BCUT2D eigenvalue weighted by Gasteiger charge is -2.20. The van der Waals surface area contributed by atoms with Crippen LogP contribution in [0.3, 0.4) is 0 Å². The molecule has 0 radical (unpaired) electrons. The second-order valence-corrected chi connectivity index (χ2v) is 8.19. The highest BCUT2D eigenvalue weighted by Crippen LogP contribution is 2.24. The van der Waals surface area contributed by atoms with Crippen molar-refractivity contribution in [3.63, 3.8) is 0 Å². The summed E-state index contributed by atoms with van der Waals surface area (Å²) in [6, 6.07) is 9.41. The van der Waals surface area contributed by atoms with Gasteiger partial charge < -0.3 is 14.8 Å². The number of amides is 2. The van der Waals surface area contributed by atoms with Gasteiger partial charge in [0.05, 0.1) is 11.8 Å². The number of nitrogens with zero attached hydrogens (tertiary/aromatic N) is 4. The van der Waals surface area contributed by atoms with Crippen LogP contribution in [0, 0.1) is 0 Å². The van der Waals surface area contributed by atoms with Crippen LogP contribution in [0.2, 0.25) is 0 Å². The molecule has 7 nitrogen and oxygen atoms in total. The maximum atomic E-state index is 12.5. The Labute approximate surface area is 169 Å². The third-order valence-corrected chi connectivity index (χ3v) is 5.89. The van der Waals surface area contributed by atoms with Crippen molar-refractivity contribution in [1.29, 1.82) is 0 Å². The number of nitrogens with one attached hydrogen (secondary N) is 1. The highest BCUT2D eigenvalue weighted by Gasteiger charge is 2.23. The second kappa shape index (κ2) is 9.73. The van der Waals surface area contributed by atoms with E-state index in [1.807, 2.05) is 53.6 Å². The summed E-state index contributed by atoms with van der Waals surface area (Å²) < 4.78 is 2.00. The molecule has 1 aliphatic heterocycles. The van der Waals surface area contributed by atoms with Crippen LogP contribution in [0.1, 0.15) is 45.4 Å². The molecule has 8 heteroatoms. The molecule has 2 heterocycles. The molecule has 1 aromatic heterocycles. The first-order valence-corrected chi connectivity index (χ1v) is 10.7. The van der Waals surface area contributed by atoms with E-state index in [0.717, 1.165) is 37.3 Å². The second-order valence-electron chi connectivity index (χ2n) is 6.88. The molecule has 1 N–H and O–H groups in total. The lowest BCUT2D eigenvalue weighted by atomic mass is 10.2. The van der Waals surface area contributed by atoms with Gasteiger partial charge in [0.25, 0.3) is 0 Å². The van der Waals surface area contributed by atoms with Crippen molar-refractivity contribution < 1.29 is 9.59 Å². The molecule has 2 amide bonds. The number of aromatic nitrogens is 3. The third-order valence-electron chi connectivity index (χ3n) is 4.81. The van der Waals surface area contributed by atoms with Crippen LogP contribution in [-0.4, -0.2) is 43.3 Å². The van der Waals surface area contributed by atoms with Crippen LogP contribution in [0.15, 0.2) is 35.5 Å². The first kappa shape index (κ1) is 20.4. The third kappa shape index (κ3) is 5.13. The van der Waals surface area contributed by atoms with Crippen LogP contribution < -0.4 is 5.32 Å². The topological polar surface area (TPSA) is 80.1 Å². The van der Waals surface area contributed by atoms with Gasteiger partial charge in [-0.2, -0.15) is 0 Å². The normalized spacial score (nSPS) is 15.9. The molecule has 150 valence electrons. The van der Waals surface area contributed by atoms with Gasteiger partial charge in [0, 0.05) is 25.2 Å². The van der Waals surface area contributed by atoms with Crippen LogP contribution in [0.25, 0.3) is 0 Å². The van der Waals surface area contributed by atoms with Crippen LogP contribution in [-0.2, 0) is 22.7 Å². The number of benzene rings is 1. The highest BCUT2D eigenvalue weighted by molar-refractivity contribution is 8.00. The van der Waals surface area contributed by atoms with E-state index < -0.39 is 0 Å².